The van der Waals surface area contributed by atoms with E-state index in [9.17, 15) is 0 Å². The first-order valence-corrected chi connectivity index (χ1v) is 9.47. The zero-order valence-corrected chi connectivity index (χ0v) is 15.1. The Bertz CT molecular complexity index is 840. The smallest absolute Gasteiger partial charge is 0.181 e. The SMILES string of the molecule is Sc1cnc2c(NCCC3CCCCC3)nc(-c3cccnc3)cn12. The van der Waals surface area contributed by atoms with E-state index in [-0.39, 0.29) is 0 Å². The summed E-state index contributed by atoms with van der Waals surface area (Å²) < 4.78 is 1.97. The minimum Gasteiger partial charge on any atom is -0.367 e. The molecule has 25 heavy (non-hydrogen) atoms. The molecular formula is C19H23N5S. The third kappa shape index (κ3) is 3.63. The third-order valence-corrected chi connectivity index (χ3v) is 5.33. The van der Waals surface area contributed by atoms with Gasteiger partial charge in [-0.15, -0.1) is 12.6 Å². The van der Waals surface area contributed by atoms with Crippen LogP contribution in [0.5, 0.6) is 0 Å². The molecule has 0 radical (unpaired) electrons. The molecule has 1 N–H and O–H groups in total. The fourth-order valence-corrected chi connectivity index (χ4v) is 3.83. The second kappa shape index (κ2) is 7.44. The number of imidazole rings is 1. The number of rotatable bonds is 5. The number of hydrogen-bond acceptors (Lipinski definition) is 5. The van der Waals surface area contributed by atoms with Crippen LogP contribution in [0.3, 0.4) is 0 Å². The van der Waals surface area contributed by atoms with Crippen molar-refractivity contribution < 1.29 is 0 Å². The van der Waals surface area contributed by atoms with Crippen molar-refractivity contribution >= 4 is 24.1 Å². The summed E-state index contributed by atoms with van der Waals surface area (Å²) in [5, 5.41) is 4.31. The lowest BCUT2D eigenvalue weighted by Crippen LogP contribution is -2.13. The lowest BCUT2D eigenvalue weighted by atomic mass is 9.87. The van der Waals surface area contributed by atoms with Gasteiger partial charge in [0.15, 0.2) is 11.5 Å². The van der Waals surface area contributed by atoms with E-state index in [4.69, 9.17) is 4.98 Å². The molecular weight excluding hydrogens is 330 g/mol. The van der Waals surface area contributed by atoms with Gasteiger partial charge in [-0.2, -0.15) is 0 Å². The van der Waals surface area contributed by atoms with Gasteiger partial charge < -0.3 is 5.32 Å². The van der Waals surface area contributed by atoms with Gasteiger partial charge >= 0.3 is 0 Å². The Morgan fingerprint density at radius 1 is 1.20 bits per heavy atom. The lowest BCUT2D eigenvalue weighted by Gasteiger charge is -2.21. The highest BCUT2D eigenvalue weighted by molar-refractivity contribution is 7.80. The molecule has 4 rings (SSSR count). The third-order valence-electron chi connectivity index (χ3n) is 5.00. The van der Waals surface area contributed by atoms with Crippen molar-refractivity contribution in [1.82, 2.24) is 19.4 Å². The summed E-state index contributed by atoms with van der Waals surface area (Å²) in [5.74, 6) is 1.66. The van der Waals surface area contributed by atoms with Crippen LogP contribution in [0.4, 0.5) is 5.82 Å². The van der Waals surface area contributed by atoms with Crippen LogP contribution < -0.4 is 5.32 Å². The van der Waals surface area contributed by atoms with Crippen LogP contribution in [-0.2, 0) is 0 Å². The van der Waals surface area contributed by atoms with Gasteiger partial charge in [-0.25, -0.2) is 9.97 Å². The van der Waals surface area contributed by atoms with Crippen molar-refractivity contribution in [2.24, 2.45) is 5.92 Å². The average Bonchev–Trinajstić information content (AvgIpc) is 3.04. The van der Waals surface area contributed by atoms with Crippen molar-refractivity contribution in [2.45, 2.75) is 43.6 Å². The second-order valence-corrected chi connectivity index (χ2v) is 7.20. The molecule has 0 unspecified atom stereocenters. The topological polar surface area (TPSA) is 55.1 Å². The number of pyridine rings is 1. The molecule has 6 heteroatoms. The zero-order chi connectivity index (χ0) is 17.1. The Labute approximate surface area is 153 Å². The van der Waals surface area contributed by atoms with Crippen LogP contribution in [0.1, 0.15) is 38.5 Å². The summed E-state index contributed by atoms with van der Waals surface area (Å²) in [7, 11) is 0. The molecule has 1 aliphatic rings. The molecule has 3 aromatic heterocycles. The first kappa shape index (κ1) is 16.4. The van der Waals surface area contributed by atoms with Crippen molar-refractivity contribution in [3.8, 4) is 11.3 Å². The number of hydrogen-bond donors (Lipinski definition) is 2. The molecule has 3 heterocycles. The highest BCUT2D eigenvalue weighted by Gasteiger charge is 2.15. The zero-order valence-electron chi connectivity index (χ0n) is 14.2. The van der Waals surface area contributed by atoms with Crippen LogP contribution in [0.2, 0.25) is 0 Å². The van der Waals surface area contributed by atoms with E-state index in [0.717, 1.165) is 40.2 Å². The first-order chi connectivity index (χ1) is 12.3. The number of anilines is 1. The molecule has 130 valence electrons. The molecule has 0 amide bonds. The van der Waals surface area contributed by atoms with E-state index in [1.807, 2.05) is 28.9 Å². The van der Waals surface area contributed by atoms with Crippen molar-refractivity contribution in [2.75, 3.05) is 11.9 Å². The molecule has 1 aliphatic carbocycles. The number of nitrogens with zero attached hydrogens (tertiary/aromatic N) is 4. The first-order valence-electron chi connectivity index (χ1n) is 9.02. The Kier molecular flexibility index (Phi) is 4.88. The maximum atomic E-state index is 4.80. The molecule has 0 spiro atoms. The van der Waals surface area contributed by atoms with Gasteiger partial charge in [0.25, 0.3) is 0 Å². The van der Waals surface area contributed by atoms with Crippen molar-refractivity contribution in [1.29, 1.82) is 0 Å². The molecule has 0 aromatic carbocycles. The van der Waals surface area contributed by atoms with Gasteiger partial charge in [0.1, 0.15) is 0 Å². The molecule has 0 atom stereocenters. The van der Waals surface area contributed by atoms with E-state index in [0.29, 0.717) is 0 Å². The number of fused-ring (bicyclic) bond motifs is 1. The number of aromatic nitrogens is 4. The predicted octanol–water partition coefficient (Wildman–Crippen LogP) is 4.46. The van der Waals surface area contributed by atoms with E-state index in [1.54, 1.807) is 12.4 Å². The Morgan fingerprint density at radius 2 is 2.08 bits per heavy atom. The minimum atomic E-state index is 0.804. The Balaban J connectivity index is 1.58. The van der Waals surface area contributed by atoms with Crippen LogP contribution in [-0.4, -0.2) is 25.9 Å². The maximum Gasteiger partial charge on any atom is 0.181 e. The van der Waals surface area contributed by atoms with Crippen LogP contribution in [0.15, 0.2) is 41.9 Å². The van der Waals surface area contributed by atoms with E-state index in [1.165, 1.54) is 38.5 Å². The van der Waals surface area contributed by atoms with Gasteiger partial charge in [0, 0.05) is 30.7 Å². The number of thiol groups is 1. The molecule has 0 saturated heterocycles. The van der Waals surface area contributed by atoms with Crippen LogP contribution >= 0.6 is 12.6 Å². The summed E-state index contributed by atoms with van der Waals surface area (Å²) in [6.45, 7) is 0.929. The minimum absolute atomic E-state index is 0.804. The summed E-state index contributed by atoms with van der Waals surface area (Å²) in [6, 6.07) is 3.94. The summed E-state index contributed by atoms with van der Waals surface area (Å²) in [6.07, 6.45) is 15.4. The number of nitrogens with one attached hydrogen (secondary N) is 1. The van der Waals surface area contributed by atoms with Gasteiger partial charge in [0.05, 0.1) is 16.9 Å². The van der Waals surface area contributed by atoms with Crippen molar-refractivity contribution in [3.63, 3.8) is 0 Å². The van der Waals surface area contributed by atoms with Crippen molar-refractivity contribution in [3.05, 3.63) is 36.9 Å². The van der Waals surface area contributed by atoms with Gasteiger partial charge in [0.2, 0.25) is 0 Å². The van der Waals surface area contributed by atoms with E-state index in [2.05, 4.69) is 27.9 Å². The highest BCUT2D eigenvalue weighted by atomic mass is 32.1. The maximum absolute atomic E-state index is 4.80. The monoisotopic (exact) mass is 353 g/mol. The van der Waals surface area contributed by atoms with Gasteiger partial charge in [-0.05, 0) is 24.5 Å². The normalized spacial score (nSPS) is 15.6. The quantitative estimate of drug-likeness (QED) is 0.665. The summed E-state index contributed by atoms with van der Waals surface area (Å²) in [5.41, 5.74) is 2.68. The molecule has 0 bridgehead atoms. The Morgan fingerprint density at radius 3 is 2.88 bits per heavy atom. The largest absolute Gasteiger partial charge is 0.367 e. The van der Waals surface area contributed by atoms with Gasteiger partial charge in [-0.3, -0.25) is 9.38 Å². The fourth-order valence-electron chi connectivity index (χ4n) is 3.62. The average molecular weight is 353 g/mol. The molecule has 0 aliphatic heterocycles. The fraction of sp³-hybridized carbons (Fsp3) is 0.421. The molecule has 1 saturated carbocycles. The lowest BCUT2D eigenvalue weighted by molar-refractivity contribution is 0.345. The van der Waals surface area contributed by atoms with Gasteiger partial charge in [-0.1, -0.05) is 32.1 Å². The van der Waals surface area contributed by atoms with E-state index >= 15 is 0 Å². The Hall–Kier alpha value is -2.08. The molecule has 1 fully saturated rings. The molecule has 5 nitrogen and oxygen atoms in total. The van der Waals surface area contributed by atoms with Crippen LogP contribution in [0, 0.1) is 5.92 Å². The summed E-state index contributed by atoms with van der Waals surface area (Å²) >= 11 is 4.51. The van der Waals surface area contributed by atoms with E-state index < -0.39 is 0 Å². The highest BCUT2D eigenvalue weighted by Crippen LogP contribution is 2.27. The van der Waals surface area contributed by atoms with Crippen LogP contribution in [0.25, 0.3) is 16.9 Å². The second-order valence-electron chi connectivity index (χ2n) is 6.75. The summed E-state index contributed by atoms with van der Waals surface area (Å²) in [4.78, 5) is 13.5. The predicted molar refractivity (Wildman–Crippen MR) is 103 cm³/mol. The molecule has 3 aromatic rings. The standard InChI is InChI=1S/C19H23N5S/c25-17-12-22-19-18(21-10-8-14-5-2-1-3-6-14)23-16(13-24(17)19)15-7-4-9-20-11-15/h4,7,9,11-14,25H,1-3,5-6,8,10H2,(H,21,23).